The number of aryl methyl sites for hydroxylation is 1. The Bertz CT molecular complexity index is 923. The Kier molecular flexibility index (Phi) is 7.90. The van der Waals surface area contributed by atoms with Crippen molar-refractivity contribution in [3.05, 3.63) is 90.0 Å². The number of carbonyl (C=O) groups excluding carboxylic acids is 1. The molecular formula is C26H29NO3. The van der Waals surface area contributed by atoms with Gasteiger partial charge < -0.3 is 14.8 Å². The summed E-state index contributed by atoms with van der Waals surface area (Å²) >= 11 is 0. The van der Waals surface area contributed by atoms with Crippen LogP contribution in [0.15, 0.2) is 78.9 Å². The molecule has 0 spiro atoms. The van der Waals surface area contributed by atoms with E-state index >= 15 is 0 Å². The number of anilines is 1. The van der Waals surface area contributed by atoms with Gasteiger partial charge in [-0.1, -0.05) is 67.8 Å². The van der Waals surface area contributed by atoms with Crippen molar-refractivity contribution in [2.45, 2.75) is 45.8 Å². The van der Waals surface area contributed by atoms with Crippen LogP contribution < -0.4 is 10.1 Å². The second kappa shape index (κ2) is 11.1. The summed E-state index contributed by atoms with van der Waals surface area (Å²) in [4.78, 5) is 12.8. The first-order chi connectivity index (χ1) is 14.6. The molecular weight excluding hydrogens is 374 g/mol. The molecule has 0 aliphatic heterocycles. The van der Waals surface area contributed by atoms with Gasteiger partial charge in [-0.3, -0.25) is 0 Å². The standard InChI is InChI=1S/C26H29NO3/c1-3-4-13-25(27-22-16-14-20(2)15-17-22)26(28)29-19-21-9-8-12-24(18-21)30-23-10-6-5-7-11-23/h5-12,14-18,25,27H,3-4,13,19H2,1-2H3. The Morgan fingerprint density at radius 2 is 1.67 bits per heavy atom. The Morgan fingerprint density at radius 3 is 2.40 bits per heavy atom. The van der Waals surface area contributed by atoms with Gasteiger partial charge in [0.1, 0.15) is 24.1 Å². The Hall–Kier alpha value is -3.27. The van der Waals surface area contributed by atoms with Crippen LogP contribution in [0.25, 0.3) is 0 Å². The molecule has 0 bridgehead atoms. The van der Waals surface area contributed by atoms with Crippen molar-refractivity contribution in [3.8, 4) is 11.5 Å². The maximum atomic E-state index is 12.8. The molecule has 0 heterocycles. The number of carbonyl (C=O) groups is 1. The quantitative estimate of drug-likeness (QED) is 0.392. The highest BCUT2D eigenvalue weighted by atomic mass is 16.5. The second-order valence-electron chi connectivity index (χ2n) is 7.38. The molecule has 0 aliphatic carbocycles. The minimum atomic E-state index is -0.364. The van der Waals surface area contributed by atoms with E-state index < -0.39 is 0 Å². The first-order valence-electron chi connectivity index (χ1n) is 10.5. The third-order valence-corrected chi connectivity index (χ3v) is 4.78. The highest BCUT2D eigenvalue weighted by Gasteiger charge is 2.19. The van der Waals surface area contributed by atoms with Crippen molar-refractivity contribution in [2.75, 3.05) is 5.32 Å². The largest absolute Gasteiger partial charge is 0.459 e. The molecule has 1 N–H and O–H groups in total. The molecule has 3 aromatic carbocycles. The number of ether oxygens (including phenoxy) is 2. The van der Waals surface area contributed by atoms with E-state index in [2.05, 4.69) is 12.2 Å². The van der Waals surface area contributed by atoms with Gasteiger partial charge in [-0.25, -0.2) is 4.79 Å². The molecule has 0 aromatic heterocycles. The van der Waals surface area contributed by atoms with Gasteiger partial charge in [0.05, 0.1) is 0 Å². The van der Waals surface area contributed by atoms with Gasteiger partial charge in [0.25, 0.3) is 0 Å². The van der Waals surface area contributed by atoms with Crippen LogP contribution in [0.5, 0.6) is 11.5 Å². The number of nitrogens with one attached hydrogen (secondary N) is 1. The Morgan fingerprint density at radius 1 is 0.933 bits per heavy atom. The predicted octanol–water partition coefficient (Wildman–Crippen LogP) is 6.50. The average Bonchev–Trinajstić information content (AvgIpc) is 2.77. The molecule has 1 atom stereocenters. The molecule has 30 heavy (non-hydrogen) atoms. The molecule has 0 aliphatic rings. The first-order valence-corrected chi connectivity index (χ1v) is 10.5. The van der Waals surface area contributed by atoms with Crippen LogP contribution in [0.4, 0.5) is 5.69 Å². The minimum Gasteiger partial charge on any atom is -0.459 e. The summed E-state index contributed by atoms with van der Waals surface area (Å²) in [6.45, 7) is 4.37. The number of para-hydroxylation sites is 1. The van der Waals surface area contributed by atoms with E-state index in [4.69, 9.17) is 9.47 Å². The van der Waals surface area contributed by atoms with Gasteiger partial charge in [0.2, 0.25) is 0 Å². The van der Waals surface area contributed by atoms with E-state index in [0.717, 1.165) is 42.0 Å². The summed E-state index contributed by atoms with van der Waals surface area (Å²) in [7, 11) is 0. The highest BCUT2D eigenvalue weighted by Crippen LogP contribution is 2.22. The maximum Gasteiger partial charge on any atom is 0.328 e. The Balaban J connectivity index is 1.60. The molecule has 0 amide bonds. The lowest BCUT2D eigenvalue weighted by molar-refractivity contribution is -0.146. The molecule has 4 heteroatoms. The summed E-state index contributed by atoms with van der Waals surface area (Å²) in [5, 5.41) is 3.32. The topological polar surface area (TPSA) is 47.6 Å². The van der Waals surface area contributed by atoms with Crippen LogP contribution >= 0.6 is 0 Å². The number of rotatable bonds is 10. The summed E-state index contributed by atoms with van der Waals surface area (Å²) in [5.41, 5.74) is 3.00. The van der Waals surface area contributed by atoms with Crippen molar-refractivity contribution in [1.29, 1.82) is 0 Å². The first kappa shape index (κ1) is 21.4. The van der Waals surface area contributed by atoms with Gasteiger partial charge >= 0.3 is 5.97 Å². The van der Waals surface area contributed by atoms with Crippen LogP contribution in [0, 0.1) is 6.92 Å². The SMILES string of the molecule is CCCCC(Nc1ccc(C)cc1)C(=O)OCc1cccc(Oc2ccccc2)c1. The Labute approximate surface area is 178 Å². The van der Waals surface area contributed by atoms with Crippen LogP contribution in [0.3, 0.4) is 0 Å². The molecule has 1 unspecified atom stereocenters. The van der Waals surface area contributed by atoms with E-state index in [9.17, 15) is 4.79 Å². The fourth-order valence-corrected chi connectivity index (χ4v) is 3.09. The van der Waals surface area contributed by atoms with Crippen LogP contribution in [-0.2, 0) is 16.1 Å². The maximum absolute atomic E-state index is 12.8. The zero-order valence-electron chi connectivity index (χ0n) is 17.6. The number of benzene rings is 3. The zero-order valence-corrected chi connectivity index (χ0v) is 17.6. The molecule has 0 radical (unpaired) electrons. The van der Waals surface area contributed by atoms with Crippen molar-refractivity contribution in [3.63, 3.8) is 0 Å². The van der Waals surface area contributed by atoms with Gasteiger partial charge in [0, 0.05) is 5.69 Å². The number of unbranched alkanes of at least 4 members (excludes halogenated alkanes) is 1. The normalized spacial score (nSPS) is 11.5. The van der Waals surface area contributed by atoms with Crippen molar-refractivity contribution in [2.24, 2.45) is 0 Å². The van der Waals surface area contributed by atoms with Crippen molar-refractivity contribution < 1.29 is 14.3 Å². The number of hydrogen-bond donors (Lipinski definition) is 1. The van der Waals surface area contributed by atoms with Gasteiger partial charge in [-0.15, -0.1) is 0 Å². The van der Waals surface area contributed by atoms with E-state index in [1.807, 2.05) is 85.8 Å². The lowest BCUT2D eigenvalue weighted by Gasteiger charge is -2.19. The van der Waals surface area contributed by atoms with Crippen molar-refractivity contribution in [1.82, 2.24) is 0 Å². The van der Waals surface area contributed by atoms with E-state index in [1.165, 1.54) is 5.56 Å². The lowest BCUT2D eigenvalue weighted by atomic mass is 10.1. The summed E-state index contributed by atoms with van der Waals surface area (Å²) < 4.78 is 11.5. The molecule has 156 valence electrons. The summed E-state index contributed by atoms with van der Waals surface area (Å²) in [6, 6.07) is 24.9. The van der Waals surface area contributed by atoms with Crippen molar-refractivity contribution >= 4 is 11.7 Å². The lowest BCUT2D eigenvalue weighted by Crippen LogP contribution is -2.31. The smallest absolute Gasteiger partial charge is 0.328 e. The fourth-order valence-electron chi connectivity index (χ4n) is 3.09. The van der Waals surface area contributed by atoms with Crippen LogP contribution in [0.1, 0.15) is 37.3 Å². The van der Waals surface area contributed by atoms with Crippen LogP contribution in [-0.4, -0.2) is 12.0 Å². The minimum absolute atomic E-state index is 0.211. The van der Waals surface area contributed by atoms with Crippen LogP contribution in [0.2, 0.25) is 0 Å². The van der Waals surface area contributed by atoms with Gasteiger partial charge in [0.15, 0.2) is 0 Å². The molecule has 3 aromatic rings. The fraction of sp³-hybridized carbons (Fsp3) is 0.269. The third-order valence-electron chi connectivity index (χ3n) is 4.78. The predicted molar refractivity (Wildman–Crippen MR) is 121 cm³/mol. The number of hydrogen-bond acceptors (Lipinski definition) is 4. The summed E-state index contributed by atoms with van der Waals surface area (Å²) in [6.07, 6.45) is 2.72. The molecule has 3 rings (SSSR count). The third kappa shape index (κ3) is 6.66. The van der Waals surface area contributed by atoms with Gasteiger partial charge in [-0.05, 0) is 55.3 Å². The second-order valence-corrected chi connectivity index (χ2v) is 7.38. The van der Waals surface area contributed by atoms with E-state index in [1.54, 1.807) is 0 Å². The van der Waals surface area contributed by atoms with Gasteiger partial charge in [-0.2, -0.15) is 0 Å². The highest BCUT2D eigenvalue weighted by molar-refractivity contribution is 5.79. The summed E-state index contributed by atoms with van der Waals surface area (Å²) in [5.74, 6) is 1.25. The van der Waals surface area contributed by atoms with E-state index in [0.29, 0.717) is 0 Å². The molecule has 4 nitrogen and oxygen atoms in total. The monoisotopic (exact) mass is 403 g/mol. The molecule has 0 saturated carbocycles. The average molecular weight is 404 g/mol. The van der Waals surface area contributed by atoms with E-state index in [-0.39, 0.29) is 18.6 Å². The number of esters is 1. The molecule has 0 saturated heterocycles. The zero-order chi connectivity index (χ0) is 21.2. The molecule has 0 fully saturated rings.